The summed E-state index contributed by atoms with van der Waals surface area (Å²) in [5.41, 5.74) is 3.06. The lowest BCUT2D eigenvalue weighted by Gasteiger charge is -2.05. The fourth-order valence-corrected chi connectivity index (χ4v) is 2.53. The maximum absolute atomic E-state index is 5.56. The summed E-state index contributed by atoms with van der Waals surface area (Å²) in [7, 11) is 3.33. The molecule has 3 rings (SSSR count). The van der Waals surface area contributed by atoms with Gasteiger partial charge in [-0.1, -0.05) is 12.1 Å². The molecule has 0 aliphatic rings. The van der Waals surface area contributed by atoms with Crippen molar-refractivity contribution in [1.82, 2.24) is 10.3 Å². The molecule has 5 nitrogen and oxygen atoms in total. The van der Waals surface area contributed by atoms with Crippen LogP contribution in [0.4, 0.5) is 0 Å². The summed E-state index contributed by atoms with van der Waals surface area (Å²) < 4.78 is 16.0. The summed E-state index contributed by atoms with van der Waals surface area (Å²) in [4.78, 5) is 4.52. The molecular weight excluding hydrogens is 316 g/mol. The molecule has 0 unspecified atom stereocenters. The Labute approximate surface area is 147 Å². The molecule has 3 aromatic rings. The average molecular weight is 338 g/mol. The van der Waals surface area contributed by atoms with Crippen LogP contribution in [0.2, 0.25) is 0 Å². The maximum atomic E-state index is 5.56. The van der Waals surface area contributed by atoms with E-state index in [4.69, 9.17) is 13.9 Å². The van der Waals surface area contributed by atoms with Gasteiger partial charge in [0.1, 0.15) is 17.8 Å². The molecule has 0 aliphatic heterocycles. The number of benzene rings is 2. The molecule has 0 atom stereocenters. The van der Waals surface area contributed by atoms with Crippen molar-refractivity contribution in [2.45, 2.75) is 13.0 Å². The third kappa shape index (κ3) is 4.61. The molecule has 0 saturated carbocycles. The number of hydrogen-bond donors (Lipinski definition) is 1. The van der Waals surface area contributed by atoms with E-state index in [2.05, 4.69) is 22.4 Å². The van der Waals surface area contributed by atoms with E-state index in [0.717, 1.165) is 35.7 Å². The summed E-state index contributed by atoms with van der Waals surface area (Å²) >= 11 is 0. The van der Waals surface area contributed by atoms with Crippen molar-refractivity contribution in [3.63, 3.8) is 0 Å². The molecule has 130 valence electrons. The molecule has 0 fully saturated rings. The van der Waals surface area contributed by atoms with Gasteiger partial charge in [-0.15, -0.1) is 0 Å². The van der Waals surface area contributed by atoms with Crippen LogP contribution in [-0.2, 0) is 13.0 Å². The third-order valence-electron chi connectivity index (χ3n) is 3.92. The first kappa shape index (κ1) is 17.0. The Morgan fingerprint density at radius 2 is 1.80 bits per heavy atom. The van der Waals surface area contributed by atoms with E-state index in [1.807, 2.05) is 36.4 Å². The molecule has 0 spiro atoms. The Morgan fingerprint density at radius 1 is 1.00 bits per heavy atom. The molecule has 1 heterocycles. The van der Waals surface area contributed by atoms with Gasteiger partial charge in [-0.2, -0.15) is 0 Å². The summed E-state index contributed by atoms with van der Waals surface area (Å²) in [5.74, 6) is 2.32. The molecular formula is C20H22N2O3. The van der Waals surface area contributed by atoms with Gasteiger partial charge in [0.05, 0.1) is 19.9 Å². The lowest BCUT2D eigenvalue weighted by Crippen LogP contribution is -2.16. The van der Waals surface area contributed by atoms with Gasteiger partial charge < -0.3 is 19.2 Å². The first-order valence-corrected chi connectivity index (χ1v) is 8.21. The maximum Gasteiger partial charge on any atom is 0.226 e. The number of hydrogen-bond acceptors (Lipinski definition) is 5. The Hall–Kier alpha value is -2.79. The van der Waals surface area contributed by atoms with Gasteiger partial charge in [-0.25, -0.2) is 4.98 Å². The number of nitrogens with one attached hydrogen (secondary N) is 1. The first-order chi connectivity index (χ1) is 12.3. The van der Waals surface area contributed by atoms with Crippen LogP contribution in [0, 0.1) is 0 Å². The van der Waals surface area contributed by atoms with Crippen LogP contribution in [0.15, 0.2) is 59.2 Å². The number of methoxy groups -OCH3 is 2. The van der Waals surface area contributed by atoms with Crippen LogP contribution in [0.3, 0.4) is 0 Å². The van der Waals surface area contributed by atoms with Crippen LogP contribution in [-0.4, -0.2) is 25.7 Å². The Bertz CT molecular complexity index is 797. The number of aromatic nitrogens is 1. The summed E-state index contributed by atoms with van der Waals surface area (Å²) in [6, 6.07) is 15.8. The second kappa shape index (κ2) is 8.35. The zero-order chi connectivity index (χ0) is 17.5. The first-order valence-electron chi connectivity index (χ1n) is 8.21. The van der Waals surface area contributed by atoms with Crippen LogP contribution < -0.4 is 14.8 Å². The largest absolute Gasteiger partial charge is 0.497 e. The molecule has 0 bridgehead atoms. The Balaban J connectivity index is 1.49. The quantitative estimate of drug-likeness (QED) is 0.635. The smallest absolute Gasteiger partial charge is 0.226 e. The van der Waals surface area contributed by atoms with Gasteiger partial charge in [0.25, 0.3) is 0 Å². The second-order valence-corrected chi connectivity index (χ2v) is 5.65. The van der Waals surface area contributed by atoms with Gasteiger partial charge >= 0.3 is 0 Å². The highest BCUT2D eigenvalue weighted by atomic mass is 16.5. The van der Waals surface area contributed by atoms with Crippen molar-refractivity contribution >= 4 is 0 Å². The van der Waals surface area contributed by atoms with Crippen LogP contribution >= 0.6 is 0 Å². The van der Waals surface area contributed by atoms with Crippen molar-refractivity contribution in [2.75, 3.05) is 20.8 Å². The van der Waals surface area contributed by atoms with Gasteiger partial charge in [0.15, 0.2) is 0 Å². The van der Waals surface area contributed by atoms with Crippen molar-refractivity contribution in [3.05, 3.63) is 66.1 Å². The van der Waals surface area contributed by atoms with Gasteiger partial charge in [-0.05, 0) is 54.9 Å². The normalized spacial score (nSPS) is 10.6. The van der Waals surface area contributed by atoms with E-state index >= 15 is 0 Å². The summed E-state index contributed by atoms with van der Waals surface area (Å²) in [6.45, 7) is 1.53. The monoisotopic (exact) mass is 338 g/mol. The van der Waals surface area contributed by atoms with E-state index in [1.54, 1.807) is 20.5 Å². The van der Waals surface area contributed by atoms with Crippen LogP contribution in [0.1, 0.15) is 11.3 Å². The third-order valence-corrected chi connectivity index (χ3v) is 3.92. The zero-order valence-corrected chi connectivity index (χ0v) is 14.5. The van der Waals surface area contributed by atoms with E-state index in [0.29, 0.717) is 12.4 Å². The van der Waals surface area contributed by atoms with Gasteiger partial charge in [-0.3, -0.25) is 0 Å². The highest BCUT2D eigenvalue weighted by molar-refractivity contribution is 5.54. The minimum absolute atomic E-state index is 0.618. The molecule has 0 saturated heterocycles. The van der Waals surface area contributed by atoms with Crippen molar-refractivity contribution in [1.29, 1.82) is 0 Å². The fraction of sp³-hybridized carbons (Fsp3) is 0.250. The number of oxazole rings is 1. The van der Waals surface area contributed by atoms with Gasteiger partial charge in [0.2, 0.25) is 5.89 Å². The molecule has 1 aromatic heterocycles. The minimum Gasteiger partial charge on any atom is -0.497 e. The SMILES string of the molecule is COc1ccc(-c2nc(CNCCc3cccc(OC)c3)co2)cc1. The van der Waals surface area contributed by atoms with E-state index in [1.165, 1.54) is 5.56 Å². The molecule has 0 amide bonds. The minimum atomic E-state index is 0.618. The molecule has 1 N–H and O–H groups in total. The molecule has 0 radical (unpaired) electrons. The van der Waals surface area contributed by atoms with Crippen molar-refractivity contribution < 1.29 is 13.9 Å². The Kier molecular flexibility index (Phi) is 5.69. The predicted octanol–water partition coefficient (Wildman–Crippen LogP) is 3.69. The standard InChI is InChI=1S/C20H22N2O3/c1-23-18-8-6-16(7-9-18)20-22-17(14-25-20)13-21-11-10-15-4-3-5-19(12-15)24-2/h3-9,12,14,21H,10-11,13H2,1-2H3. The molecule has 25 heavy (non-hydrogen) atoms. The Morgan fingerprint density at radius 3 is 2.56 bits per heavy atom. The number of nitrogens with zero attached hydrogens (tertiary/aromatic N) is 1. The predicted molar refractivity (Wildman–Crippen MR) is 96.9 cm³/mol. The van der Waals surface area contributed by atoms with E-state index in [-0.39, 0.29) is 0 Å². The highest BCUT2D eigenvalue weighted by Gasteiger charge is 2.06. The number of ether oxygens (including phenoxy) is 2. The van der Waals surface area contributed by atoms with Crippen LogP contribution in [0.5, 0.6) is 11.5 Å². The lowest BCUT2D eigenvalue weighted by molar-refractivity contribution is 0.414. The molecule has 2 aromatic carbocycles. The average Bonchev–Trinajstić information content (AvgIpc) is 3.14. The van der Waals surface area contributed by atoms with E-state index < -0.39 is 0 Å². The second-order valence-electron chi connectivity index (χ2n) is 5.65. The van der Waals surface area contributed by atoms with Crippen molar-refractivity contribution in [3.8, 4) is 23.0 Å². The number of rotatable bonds is 8. The lowest BCUT2D eigenvalue weighted by atomic mass is 10.1. The molecule has 5 heteroatoms. The van der Waals surface area contributed by atoms with Gasteiger partial charge in [0, 0.05) is 12.1 Å². The molecule has 0 aliphatic carbocycles. The fourth-order valence-electron chi connectivity index (χ4n) is 2.53. The van der Waals surface area contributed by atoms with E-state index in [9.17, 15) is 0 Å². The van der Waals surface area contributed by atoms with Crippen molar-refractivity contribution in [2.24, 2.45) is 0 Å². The zero-order valence-electron chi connectivity index (χ0n) is 14.5. The topological polar surface area (TPSA) is 56.5 Å². The summed E-state index contributed by atoms with van der Waals surface area (Å²) in [6.07, 6.45) is 2.62. The summed E-state index contributed by atoms with van der Waals surface area (Å²) in [5, 5.41) is 3.39. The van der Waals surface area contributed by atoms with Crippen LogP contribution in [0.25, 0.3) is 11.5 Å². The highest BCUT2D eigenvalue weighted by Crippen LogP contribution is 2.21.